The van der Waals surface area contributed by atoms with Crippen molar-refractivity contribution in [1.82, 2.24) is 29.7 Å². The van der Waals surface area contributed by atoms with Gasteiger partial charge in [0.15, 0.2) is 5.82 Å². The Labute approximate surface area is 233 Å². The molecule has 40 heavy (non-hydrogen) atoms. The number of halogens is 2. The Morgan fingerprint density at radius 1 is 1.12 bits per heavy atom. The van der Waals surface area contributed by atoms with E-state index in [4.69, 9.17) is 4.74 Å². The van der Waals surface area contributed by atoms with Gasteiger partial charge in [-0.05, 0) is 40.1 Å². The Bertz CT molecular complexity index is 1080. The molecule has 1 fully saturated rings. The fourth-order valence-electron chi connectivity index (χ4n) is 3.61. The van der Waals surface area contributed by atoms with Crippen molar-refractivity contribution in [3.63, 3.8) is 0 Å². The summed E-state index contributed by atoms with van der Waals surface area (Å²) in [5.41, 5.74) is 0. The maximum absolute atomic E-state index is 14.7. The van der Waals surface area contributed by atoms with Gasteiger partial charge in [-0.3, -0.25) is 10.6 Å². The normalized spacial score (nSPS) is 15.9. The van der Waals surface area contributed by atoms with Crippen LogP contribution in [0.4, 0.5) is 36.0 Å². The van der Waals surface area contributed by atoms with E-state index in [0.29, 0.717) is 6.61 Å². The van der Waals surface area contributed by atoms with Crippen LogP contribution >= 0.6 is 0 Å². The lowest BCUT2D eigenvalue weighted by atomic mass is 10.00. The maximum Gasteiger partial charge on any atom is 0.412 e. The number of nitrogens with zero attached hydrogens (tertiary/aromatic N) is 7. The number of alkyl halides is 2. The molecule has 1 saturated heterocycles. The molecule has 0 aromatic carbocycles. The highest BCUT2D eigenvalue weighted by Crippen LogP contribution is 2.33. The number of likely N-dealkylation sites (N-methyl/N-ethyl adjacent to an activating group) is 1. The highest BCUT2D eigenvalue weighted by atomic mass is 19.3. The second-order valence-electron chi connectivity index (χ2n) is 9.20. The van der Waals surface area contributed by atoms with Crippen molar-refractivity contribution in [3.8, 4) is 5.88 Å². The third kappa shape index (κ3) is 10.0. The molecular formula is C25H39F2N9O4. The largest absolute Gasteiger partial charge is 0.477 e. The van der Waals surface area contributed by atoms with Gasteiger partial charge in [-0.25, -0.2) is 33.3 Å². The number of carbonyl (C=O) groups is 2. The third-order valence-corrected chi connectivity index (χ3v) is 5.84. The molecule has 1 aliphatic rings. The van der Waals surface area contributed by atoms with Crippen molar-refractivity contribution in [2.75, 3.05) is 70.0 Å². The van der Waals surface area contributed by atoms with Gasteiger partial charge >= 0.3 is 12.1 Å². The topological polar surface area (TPSA) is 138 Å². The standard InChI is InChI=1S/C19H24F2N8O4.C6H15N/c1-4-33-15-10-23-14(9-24-15)26-17(30)28(2)12-11-29(8-6-19(12,20)21)16-22-7-5-13(25-16)27-18(31)32-3;1-4-5-6-7(2)3/h5,7,9-10,12H,4,6,8,11H2,1-3H3,(H,23,26,30)(H,22,25,27,31);4-6H2,1-3H3. The first-order valence-electron chi connectivity index (χ1n) is 12.9. The third-order valence-electron chi connectivity index (χ3n) is 5.84. The number of urea groups is 1. The molecule has 1 aliphatic heterocycles. The van der Waals surface area contributed by atoms with E-state index >= 15 is 0 Å². The average Bonchev–Trinajstić information content (AvgIpc) is 2.93. The van der Waals surface area contributed by atoms with Gasteiger partial charge in [0.25, 0.3) is 5.92 Å². The van der Waals surface area contributed by atoms with Crippen LogP contribution in [-0.2, 0) is 4.74 Å². The zero-order valence-corrected chi connectivity index (χ0v) is 23.9. The number of rotatable bonds is 9. The molecule has 3 rings (SSSR count). The number of ether oxygens (including phenoxy) is 2. The summed E-state index contributed by atoms with van der Waals surface area (Å²) in [6.07, 6.45) is 5.37. The van der Waals surface area contributed by atoms with Crippen molar-refractivity contribution in [2.24, 2.45) is 0 Å². The Balaban J connectivity index is 0.000000708. The molecule has 0 saturated carbocycles. The molecule has 222 valence electrons. The van der Waals surface area contributed by atoms with Crippen LogP contribution in [0.25, 0.3) is 0 Å². The summed E-state index contributed by atoms with van der Waals surface area (Å²) < 4.78 is 39.2. The maximum atomic E-state index is 14.7. The lowest BCUT2D eigenvalue weighted by Crippen LogP contribution is -2.60. The van der Waals surface area contributed by atoms with Crippen molar-refractivity contribution in [2.45, 2.75) is 45.1 Å². The Kier molecular flexibility index (Phi) is 12.6. The first kappa shape index (κ1) is 32.3. The van der Waals surface area contributed by atoms with Crippen molar-refractivity contribution in [3.05, 3.63) is 24.7 Å². The van der Waals surface area contributed by atoms with Crippen LogP contribution in [0.15, 0.2) is 24.7 Å². The number of hydrogen-bond acceptors (Lipinski definition) is 10. The van der Waals surface area contributed by atoms with E-state index in [0.717, 1.165) is 4.90 Å². The fraction of sp³-hybridized carbons (Fsp3) is 0.600. The van der Waals surface area contributed by atoms with E-state index in [1.807, 2.05) is 0 Å². The van der Waals surface area contributed by atoms with E-state index in [1.165, 1.54) is 63.1 Å². The van der Waals surface area contributed by atoms with Crippen LogP contribution in [0.3, 0.4) is 0 Å². The van der Waals surface area contributed by atoms with Gasteiger partial charge in [-0.1, -0.05) is 13.3 Å². The van der Waals surface area contributed by atoms with Gasteiger partial charge in [0.2, 0.25) is 11.8 Å². The van der Waals surface area contributed by atoms with Crippen molar-refractivity contribution < 1.29 is 27.8 Å². The highest BCUT2D eigenvalue weighted by Gasteiger charge is 2.48. The molecule has 0 spiro atoms. The number of aromatic nitrogens is 4. The molecule has 1 unspecified atom stereocenters. The number of carbonyl (C=O) groups excluding carboxylic acids is 2. The monoisotopic (exact) mass is 567 g/mol. The zero-order valence-electron chi connectivity index (χ0n) is 23.9. The number of unbranched alkanes of at least 4 members (excludes halogenated alkanes) is 1. The molecule has 2 aromatic heterocycles. The summed E-state index contributed by atoms with van der Waals surface area (Å²) in [5.74, 6) is -2.48. The van der Waals surface area contributed by atoms with Gasteiger partial charge < -0.3 is 24.2 Å². The SMILES string of the molecule is CCCCN(C)C.CCOc1cnc(NC(=O)N(C)C2CN(c3nccc(NC(=O)OC)n3)CCC2(F)F)cn1. The number of piperidine rings is 1. The quantitative estimate of drug-likeness (QED) is 0.462. The van der Waals surface area contributed by atoms with Gasteiger partial charge in [0.1, 0.15) is 11.9 Å². The van der Waals surface area contributed by atoms with Crippen molar-refractivity contribution in [1.29, 1.82) is 0 Å². The Morgan fingerprint density at radius 2 is 1.88 bits per heavy atom. The highest BCUT2D eigenvalue weighted by molar-refractivity contribution is 5.88. The summed E-state index contributed by atoms with van der Waals surface area (Å²) in [6, 6.07) is -0.807. The van der Waals surface area contributed by atoms with Crippen molar-refractivity contribution >= 4 is 29.7 Å². The second-order valence-corrected chi connectivity index (χ2v) is 9.20. The van der Waals surface area contributed by atoms with Crippen LogP contribution in [0.2, 0.25) is 0 Å². The molecule has 13 nitrogen and oxygen atoms in total. The van der Waals surface area contributed by atoms with Gasteiger partial charge in [-0.2, -0.15) is 4.98 Å². The number of amides is 3. The van der Waals surface area contributed by atoms with E-state index < -0.39 is 30.5 Å². The second kappa shape index (κ2) is 15.6. The summed E-state index contributed by atoms with van der Waals surface area (Å²) in [6.45, 7) is 5.37. The lowest BCUT2D eigenvalue weighted by Gasteiger charge is -2.42. The first-order chi connectivity index (χ1) is 19.0. The Morgan fingerprint density at radius 3 is 2.45 bits per heavy atom. The van der Waals surface area contributed by atoms with Gasteiger partial charge in [-0.15, -0.1) is 0 Å². The minimum Gasteiger partial charge on any atom is -0.477 e. The number of hydrogen-bond donors (Lipinski definition) is 2. The number of methoxy groups -OCH3 is 1. The molecule has 0 aliphatic carbocycles. The molecule has 0 radical (unpaired) electrons. The van der Waals surface area contributed by atoms with Crippen LogP contribution in [0.1, 0.15) is 33.1 Å². The number of nitrogens with one attached hydrogen (secondary N) is 2. The summed E-state index contributed by atoms with van der Waals surface area (Å²) in [7, 11) is 6.69. The molecular weight excluding hydrogens is 528 g/mol. The first-order valence-corrected chi connectivity index (χ1v) is 12.9. The molecule has 2 N–H and O–H groups in total. The number of anilines is 3. The van der Waals surface area contributed by atoms with Gasteiger partial charge in [0.05, 0.1) is 26.1 Å². The summed E-state index contributed by atoms with van der Waals surface area (Å²) in [4.78, 5) is 44.9. The van der Waals surface area contributed by atoms with E-state index in [-0.39, 0.29) is 36.6 Å². The summed E-state index contributed by atoms with van der Waals surface area (Å²) in [5, 5.41) is 4.85. The van der Waals surface area contributed by atoms with Crippen LogP contribution in [0.5, 0.6) is 5.88 Å². The van der Waals surface area contributed by atoms with E-state index in [9.17, 15) is 18.4 Å². The molecule has 15 heteroatoms. The Hall–Kier alpha value is -3.88. The van der Waals surface area contributed by atoms with E-state index in [2.05, 4.69) is 61.2 Å². The molecule has 1 atom stereocenters. The average molecular weight is 568 g/mol. The fourth-order valence-corrected chi connectivity index (χ4v) is 3.61. The summed E-state index contributed by atoms with van der Waals surface area (Å²) >= 11 is 0. The lowest BCUT2D eigenvalue weighted by molar-refractivity contribution is -0.0760. The zero-order chi connectivity index (χ0) is 29.7. The van der Waals surface area contributed by atoms with Gasteiger partial charge in [0, 0.05) is 32.8 Å². The van der Waals surface area contributed by atoms with Crippen LogP contribution in [0, 0.1) is 0 Å². The smallest absolute Gasteiger partial charge is 0.412 e. The molecule has 3 heterocycles. The van der Waals surface area contributed by atoms with E-state index in [1.54, 1.807) is 6.92 Å². The molecule has 3 amide bonds. The molecule has 0 bridgehead atoms. The minimum atomic E-state index is -3.14. The predicted octanol–water partition coefficient (Wildman–Crippen LogP) is 3.57. The minimum absolute atomic E-state index is 0.0367. The van der Waals surface area contributed by atoms with Crippen LogP contribution < -0.4 is 20.3 Å². The molecule has 2 aromatic rings. The van der Waals surface area contributed by atoms with Crippen LogP contribution in [-0.4, -0.2) is 108 Å². The predicted molar refractivity (Wildman–Crippen MR) is 147 cm³/mol.